The summed E-state index contributed by atoms with van der Waals surface area (Å²) in [5.41, 5.74) is 0.117. The zero-order valence-corrected chi connectivity index (χ0v) is 12.7. The highest BCUT2D eigenvalue weighted by Crippen LogP contribution is 2.40. The van der Waals surface area contributed by atoms with Crippen LogP contribution in [0.15, 0.2) is 50.3 Å². The molecule has 0 amide bonds. The van der Waals surface area contributed by atoms with Crippen LogP contribution < -0.4 is 5.43 Å². The second-order valence-electron chi connectivity index (χ2n) is 4.37. The Hall–Kier alpha value is -1.85. The normalized spacial score (nSPS) is 11.0. The molecule has 0 aliphatic rings. The Morgan fingerprint density at radius 1 is 1.24 bits per heavy atom. The van der Waals surface area contributed by atoms with Crippen LogP contribution in [0.25, 0.3) is 22.1 Å². The summed E-state index contributed by atoms with van der Waals surface area (Å²) in [6, 6.07) is 6.82. The molecule has 0 saturated carbocycles. The van der Waals surface area contributed by atoms with Crippen LogP contribution in [0.3, 0.4) is 0 Å². The quantitative estimate of drug-likeness (QED) is 0.675. The van der Waals surface area contributed by atoms with E-state index in [0.29, 0.717) is 9.86 Å². The van der Waals surface area contributed by atoms with Gasteiger partial charge in [-0.15, -0.1) is 0 Å². The smallest absolute Gasteiger partial charge is 0.192 e. The molecule has 3 rings (SSSR count). The highest BCUT2D eigenvalue weighted by atomic mass is 79.9. The van der Waals surface area contributed by atoms with Gasteiger partial charge in [0, 0.05) is 16.1 Å². The highest BCUT2D eigenvalue weighted by Gasteiger charge is 2.18. The summed E-state index contributed by atoms with van der Waals surface area (Å²) in [5.74, 6) is -0.900. The molecule has 21 heavy (non-hydrogen) atoms. The second-order valence-corrected chi connectivity index (χ2v) is 5.66. The van der Waals surface area contributed by atoms with Crippen molar-refractivity contribution in [1.29, 1.82) is 0 Å². The predicted octanol–water partition coefficient (Wildman–Crippen LogP) is 4.72. The Labute approximate surface area is 131 Å². The maximum atomic E-state index is 14.1. The first-order valence-corrected chi connectivity index (χ1v) is 7.04. The molecular formula is C15H7BrClFO3. The molecule has 2 aromatic carbocycles. The van der Waals surface area contributed by atoms with E-state index >= 15 is 0 Å². The first-order chi connectivity index (χ1) is 9.99. The van der Waals surface area contributed by atoms with Crippen molar-refractivity contribution < 1.29 is 13.9 Å². The molecule has 3 aromatic rings. The van der Waals surface area contributed by atoms with Crippen LogP contribution in [0, 0.1) is 5.82 Å². The van der Waals surface area contributed by atoms with Gasteiger partial charge in [-0.25, -0.2) is 4.39 Å². The molecule has 3 nitrogen and oxygen atoms in total. The molecule has 1 heterocycles. The Kier molecular flexibility index (Phi) is 3.47. The van der Waals surface area contributed by atoms with E-state index < -0.39 is 5.82 Å². The fraction of sp³-hybridized carbons (Fsp3) is 0. The summed E-state index contributed by atoms with van der Waals surface area (Å²) in [4.78, 5) is 11.7. The van der Waals surface area contributed by atoms with Crippen LogP contribution in [0.4, 0.5) is 4.39 Å². The van der Waals surface area contributed by atoms with E-state index in [-0.39, 0.29) is 32.9 Å². The van der Waals surface area contributed by atoms with Gasteiger partial charge in [0.2, 0.25) is 0 Å². The molecule has 0 aliphatic heterocycles. The first-order valence-electron chi connectivity index (χ1n) is 5.87. The summed E-state index contributed by atoms with van der Waals surface area (Å²) in [5, 5.41) is 10.3. The third-order valence-electron chi connectivity index (χ3n) is 3.07. The molecule has 6 heteroatoms. The minimum Gasteiger partial charge on any atom is -0.507 e. The molecule has 1 N–H and O–H groups in total. The predicted molar refractivity (Wildman–Crippen MR) is 82.3 cm³/mol. The SMILES string of the molecule is O=c1ccoc2c(Cl)c(-c3c(O)cc(Br)cc3F)ccc12. The van der Waals surface area contributed by atoms with Gasteiger partial charge in [-0.05, 0) is 18.2 Å². The van der Waals surface area contributed by atoms with E-state index in [4.69, 9.17) is 16.0 Å². The molecule has 0 atom stereocenters. The number of phenolic OH excluding ortho intramolecular Hbond substituents is 1. The van der Waals surface area contributed by atoms with Gasteiger partial charge in [0.15, 0.2) is 11.0 Å². The van der Waals surface area contributed by atoms with Crippen LogP contribution in [0.1, 0.15) is 0 Å². The number of hydrogen-bond donors (Lipinski definition) is 1. The van der Waals surface area contributed by atoms with Crippen molar-refractivity contribution in [2.24, 2.45) is 0 Å². The van der Waals surface area contributed by atoms with Crippen LogP contribution in [0.2, 0.25) is 5.02 Å². The van der Waals surface area contributed by atoms with E-state index in [1.165, 1.54) is 36.6 Å². The van der Waals surface area contributed by atoms with Gasteiger partial charge in [-0.1, -0.05) is 33.6 Å². The van der Waals surface area contributed by atoms with Gasteiger partial charge in [0.25, 0.3) is 0 Å². The Bertz CT molecular complexity index is 897. The summed E-state index contributed by atoms with van der Waals surface area (Å²) >= 11 is 9.30. The molecule has 0 unspecified atom stereocenters. The Balaban J connectivity index is 2.37. The third-order valence-corrected chi connectivity index (χ3v) is 3.90. The molecular weight excluding hydrogens is 363 g/mol. The van der Waals surface area contributed by atoms with Crippen molar-refractivity contribution >= 4 is 38.5 Å². The van der Waals surface area contributed by atoms with Crippen molar-refractivity contribution in [1.82, 2.24) is 0 Å². The average Bonchev–Trinajstić information content (AvgIpc) is 2.41. The summed E-state index contributed by atoms with van der Waals surface area (Å²) in [7, 11) is 0. The van der Waals surface area contributed by atoms with E-state index in [0.717, 1.165) is 0 Å². The number of fused-ring (bicyclic) bond motifs is 1. The largest absolute Gasteiger partial charge is 0.507 e. The van der Waals surface area contributed by atoms with Gasteiger partial charge in [-0.3, -0.25) is 4.79 Å². The van der Waals surface area contributed by atoms with E-state index in [1.54, 1.807) is 0 Å². The van der Waals surface area contributed by atoms with Crippen LogP contribution >= 0.6 is 27.5 Å². The van der Waals surface area contributed by atoms with Gasteiger partial charge in [-0.2, -0.15) is 0 Å². The molecule has 0 fully saturated rings. The van der Waals surface area contributed by atoms with Crippen molar-refractivity contribution in [2.45, 2.75) is 0 Å². The highest BCUT2D eigenvalue weighted by molar-refractivity contribution is 9.10. The maximum absolute atomic E-state index is 14.1. The number of rotatable bonds is 1. The van der Waals surface area contributed by atoms with Crippen molar-refractivity contribution in [3.8, 4) is 16.9 Å². The van der Waals surface area contributed by atoms with Crippen LogP contribution in [0.5, 0.6) is 5.75 Å². The van der Waals surface area contributed by atoms with Crippen LogP contribution in [-0.4, -0.2) is 5.11 Å². The van der Waals surface area contributed by atoms with E-state index in [9.17, 15) is 14.3 Å². The molecule has 0 aliphatic carbocycles. The third kappa shape index (κ3) is 2.32. The van der Waals surface area contributed by atoms with Crippen molar-refractivity contribution in [2.75, 3.05) is 0 Å². The lowest BCUT2D eigenvalue weighted by Crippen LogP contribution is -1.99. The molecule has 106 valence electrons. The lowest BCUT2D eigenvalue weighted by molar-refractivity contribution is 0.471. The standard InChI is InChI=1S/C15H7BrClFO3/c16-7-5-10(18)13(12(20)6-7)9-2-1-8-11(19)3-4-21-15(8)14(9)17/h1-6,20H. The van der Waals surface area contributed by atoms with Crippen molar-refractivity contribution in [3.05, 3.63) is 62.1 Å². The fourth-order valence-electron chi connectivity index (χ4n) is 2.14. The molecule has 0 radical (unpaired) electrons. The number of phenols is 1. The van der Waals surface area contributed by atoms with Gasteiger partial charge in [0.1, 0.15) is 11.6 Å². The van der Waals surface area contributed by atoms with E-state index in [2.05, 4.69) is 15.9 Å². The summed E-state index contributed by atoms with van der Waals surface area (Å²) < 4.78 is 19.8. The zero-order valence-electron chi connectivity index (χ0n) is 10.4. The molecule has 1 aromatic heterocycles. The Morgan fingerprint density at radius 2 is 2.00 bits per heavy atom. The summed E-state index contributed by atoms with van der Waals surface area (Å²) in [6.45, 7) is 0. The minimum absolute atomic E-state index is 0.0448. The molecule has 0 saturated heterocycles. The van der Waals surface area contributed by atoms with Crippen molar-refractivity contribution in [3.63, 3.8) is 0 Å². The fourth-order valence-corrected chi connectivity index (χ4v) is 2.86. The molecule has 0 spiro atoms. The first kappa shape index (κ1) is 14.1. The number of hydrogen-bond acceptors (Lipinski definition) is 3. The number of halogens is 3. The summed E-state index contributed by atoms with van der Waals surface area (Å²) in [6.07, 6.45) is 1.22. The lowest BCUT2D eigenvalue weighted by Gasteiger charge is -2.10. The molecule has 0 bridgehead atoms. The zero-order chi connectivity index (χ0) is 15.1. The maximum Gasteiger partial charge on any atom is 0.192 e. The van der Waals surface area contributed by atoms with Gasteiger partial charge in [0.05, 0.1) is 22.2 Å². The number of benzene rings is 2. The van der Waals surface area contributed by atoms with E-state index in [1.807, 2.05) is 0 Å². The van der Waals surface area contributed by atoms with Gasteiger partial charge >= 0.3 is 0 Å². The average molecular weight is 370 g/mol. The topological polar surface area (TPSA) is 50.4 Å². The van der Waals surface area contributed by atoms with Gasteiger partial charge < -0.3 is 9.52 Å². The lowest BCUT2D eigenvalue weighted by atomic mass is 10.0. The van der Waals surface area contributed by atoms with Crippen LogP contribution in [-0.2, 0) is 0 Å². The second kappa shape index (κ2) is 5.16. The Morgan fingerprint density at radius 3 is 2.71 bits per heavy atom. The minimum atomic E-state index is -0.638. The monoisotopic (exact) mass is 368 g/mol. The number of aromatic hydroxyl groups is 1.